The van der Waals surface area contributed by atoms with Crippen LogP contribution in [0.25, 0.3) is 250 Å². The summed E-state index contributed by atoms with van der Waals surface area (Å²) in [6.07, 6.45) is 0. The summed E-state index contributed by atoms with van der Waals surface area (Å²) >= 11 is -8.75. The molecule has 30 rings (SSSR count). The van der Waals surface area contributed by atoms with E-state index in [1.54, 1.807) is 0 Å². The fourth-order valence-electron chi connectivity index (χ4n) is 23.4. The molecular weight excluding hydrogens is 1910 g/mol. The van der Waals surface area contributed by atoms with E-state index in [1.807, 2.05) is 36.4 Å². The molecule has 27 aromatic rings. The van der Waals surface area contributed by atoms with Gasteiger partial charge in [-0.25, -0.2) is 0 Å². The molecule has 3 aliphatic rings. The molecule has 0 aliphatic carbocycles. The molecule has 0 saturated carbocycles. The minimum atomic E-state index is -2.92. The van der Waals surface area contributed by atoms with E-state index in [1.165, 1.54) is 97.5 Å². The third kappa shape index (κ3) is 12.8. The summed E-state index contributed by atoms with van der Waals surface area (Å²) in [4.78, 5) is 31.8. The predicted octanol–water partition coefficient (Wildman–Crippen LogP) is 28.8. The first kappa shape index (κ1) is 82.9. The Labute approximate surface area is 819 Å². The van der Waals surface area contributed by atoms with Gasteiger partial charge in [0.2, 0.25) is 0 Å². The molecule has 0 unspecified atom stereocenters. The van der Waals surface area contributed by atoms with E-state index in [2.05, 4.69) is 430 Å². The quantitative estimate of drug-likeness (QED) is 0.130. The molecule has 15 heteroatoms. The molecule has 0 atom stereocenters. The summed E-state index contributed by atoms with van der Waals surface area (Å²) in [7, 11) is 0. The number of benzene rings is 18. The average molecular weight is 1990 g/mol. The normalized spacial score (nSPS) is 13.5. The molecular formula is C126H87Ge3N9O3. The number of hydrogen-bond donors (Lipinski definition) is 0. The van der Waals surface area contributed by atoms with Gasteiger partial charge < -0.3 is 0 Å². The summed E-state index contributed by atoms with van der Waals surface area (Å²) < 4.78 is 35.0. The predicted molar refractivity (Wildman–Crippen MR) is 590 cm³/mol. The maximum atomic E-state index is 6.63. The second-order valence-corrected chi connectivity index (χ2v) is 66.0. The zero-order valence-electron chi connectivity index (χ0n) is 78.1. The van der Waals surface area contributed by atoms with Crippen molar-refractivity contribution in [2.75, 3.05) is 0 Å². The summed E-state index contributed by atoms with van der Waals surface area (Å²) in [5.74, 6) is 17.3. The Hall–Kier alpha value is -16.4. The molecule has 0 fully saturated rings. The van der Waals surface area contributed by atoms with Crippen LogP contribution in [0, 0.1) is 0 Å². The van der Waals surface area contributed by atoms with Crippen LogP contribution in [0.1, 0.15) is 0 Å². The summed E-state index contributed by atoms with van der Waals surface area (Å²) in [5.41, 5.74) is 32.7. The van der Waals surface area contributed by atoms with Gasteiger partial charge in [0, 0.05) is 0 Å². The molecule has 3 aliphatic heterocycles. The molecule has 9 aromatic heterocycles. The Kier molecular flexibility index (Phi) is 18.7. The Morgan fingerprint density at radius 1 is 0.199 bits per heavy atom. The number of aromatic nitrogens is 9. The molecule has 12 nitrogen and oxygen atoms in total. The first-order valence-electron chi connectivity index (χ1n) is 48.3. The third-order valence-corrected chi connectivity index (χ3v) is 51.9. The number of furan rings is 3. The average Bonchev–Trinajstić information content (AvgIpc) is 1.57. The second-order valence-electron chi connectivity index (χ2n) is 39.0. The van der Waals surface area contributed by atoms with Crippen LogP contribution >= 0.6 is 0 Å². The van der Waals surface area contributed by atoms with E-state index in [9.17, 15) is 0 Å². The number of fused-ring (bicyclic) bond motifs is 29. The van der Waals surface area contributed by atoms with E-state index in [0.717, 1.165) is 179 Å². The molecule has 141 heavy (non-hydrogen) atoms. The van der Waals surface area contributed by atoms with E-state index in [-0.39, 0.29) is 0 Å². The molecule has 0 spiro atoms. The Morgan fingerprint density at radius 2 is 0.511 bits per heavy atom. The van der Waals surface area contributed by atoms with E-state index < -0.39 is 39.8 Å². The van der Waals surface area contributed by atoms with Crippen molar-refractivity contribution in [1.29, 1.82) is 0 Å². The Morgan fingerprint density at radius 3 is 0.950 bits per heavy atom. The van der Waals surface area contributed by atoms with Gasteiger partial charge in [-0.2, -0.15) is 0 Å². The Bertz CT molecular complexity index is 9900. The maximum absolute atomic E-state index is 6.63. The zero-order valence-corrected chi connectivity index (χ0v) is 84.4. The molecule has 0 bridgehead atoms. The number of para-hydroxylation sites is 6. The fourth-order valence-corrected chi connectivity index (χ4v) is 43.7. The van der Waals surface area contributed by atoms with Gasteiger partial charge >= 0.3 is 826 Å². The van der Waals surface area contributed by atoms with Crippen LogP contribution in [-0.2, 0) is 0 Å². The van der Waals surface area contributed by atoms with Crippen LogP contribution in [0.2, 0.25) is 34.5 Å². The summed E-state index contributed by atoms with van der Waals surface area (Å²) in [5, 5.41) is 14.2. The zero-order chi connectivity index (χ0) is 93.8. The number of nitrogens with zero attached hydrogens (tertiary/aromatic N) is 9. The van der Waals surface area contributed by atoms with E-state index in [4.69, 9.17) is 43.2 Å². The first-order chi connectivity index (χ1) is 69.2. The van der Waals surface area contributed by atoms with Crippen molar-refractivity contribution in [3.63, 3.8) is 0 Å². The topological polar surface area (TPSA) is 132 Å². The molecule has 0 saturated heterocycles. The van der Waals surface area contributed by atoms with Crippen LogP contribution in [0.3, 0.4) is 0 Å². The van der Waals surface area contributed by atoms with Crippen molar-refractivity contribution in [2.24, 2.45) is 0 Å². The summed E-state index contributed by atoms with van der Waals surface area (Å²) in [6.45, 7) is 0. The van der Waals surface area contributed by atoms with Gasteiger partial charge in [0.25, 0.3) is 0 Å². The van der Waals surface area contributed by atoms with Crippen LogP contribution in [0.5, 0.6) is 0 Å². The Balaban J connectivity index is 0.000000104. The van der Waals surface area contributed by atoms with Gasteiger partial charge in [0.15, 0.2) is 0 Å². The van der Waals surface area contributed by atoms with Gasteiger partial charge in [-0.05, 0) is 0 Å². The van der Waals surface area contributed by atoms with E-state index >= 15 is 0 Å². The van der Waals surface area contributed by atoms with Crippen molar-refractivity contribution in [3.05, 3.63) is 419 Å². The fraction of sp³-hybridized carbons (Fsp3) is 0.0476. The minimum absolute atomic E-state index is 0.771. The van der Waals surface area contributed by atoms with Gasteiger partial charge in [-0.3, -0.25) is 0 Å². The van der Waals surface area contributed by atoms with Crippen molar-refractivity contribution >= 4 is 197 Å². The molecule has 0 radical (unpaired) electrons. The van der Waals surface area contributed by atoms with E-state index in [0.29, 0.717) is 0 Å². The van der Waals surface area contributed by atoms with Gasteiger partial charge in [-0.15, -0.1) is 0 Å². The molecule has 666 valence electrons. The van der Waals surface area contributed by atoms with Crippen molar-refractivity contribution < 1.29 is 13.3 Å². The number of hydrogen-bond acceptors (Lipinski definition) is 9. The van der Waals surface area contributed by atoms with Crippen LogP contribution < -0.4 is 26.4 Å². The van der Waals surface area contributed by atoms with Gasteiger partial charge in [0.05, 0.1) is 0 Å². The SMILES string of the molecule is [CH3][Ge]1([CH3])[c]2cc(-n3c4ccccc4c4cc5c(cc43)oc3ccccc35)ccc2-c2nc(-c3ccccc3)nc(-c3ccccc3)[c]21.[CH3][Ge]1([CH3])[c]2cc(-n3c4ccccc4c4ccc5c6ccccc6oc5c43)ccc2-c2nc(-c3ccccc3)nc(-c3ccccc3)[c]21.[CH3][Ge]1([CH3])[c]2cc(-n3c4ccccc4c4ccc5oc6ccccc6c5c43)ccc2-c2nc(-c3ccccc3)nc(-c3ccccc3)[c]21. The monoisotopic (exact) mass is 2000 g/mol. The number of rotatable bonds is 9. The molecule has 0 N–H and O–H groups in total. The van der Waals surface area contributed by atoms with Crippen LogP contribution in [0.4, 0.5) is 0 Å². The van der Waals surface area contributed by atoms with Gasteiger partial charge in [0.1, 0.15) is 0 Å². The van der Waals surface area contributed by atoms with Crippen molar-refractivity contribution in [2.45, 2.75) is 34.5 Å². The second kappa shape index (κ2) is 31.8. The van der Waals surface area contributed by atoms with Gasteiger partial charge in [-0.1, -0.05) is 0 Å². The van der Waals surface area contributed by atoms with Crippen LogP contribution in [0.15, 0.2) is 432 Å². The molecule has 0 amide bonds. The third-order valence-electron chi connectivity index (χ3n) is 29.9. The van der Waals surface area contributed by atoms with Crippen molar-refractivity contribution in [3.8, 4) is 119 Å². The summed E-state index contributed by atoms with van der Waals surface area (Å²) in [6, 6.07) is 149. The van der Waals surface area contributed by atoms with Crippen LogP contribution in [-0.4, -0.2) is 83.4 Å². The molecule has 18 aromatic carbocycles. The molecule has 12 heterocycles. The van der Waals surface area contributed by atoms with Crippen molar-refractivity contribution in [1.82, 2.24) is 43.6 Å². The standard InChI is InChI=1S/3C42H29GeN3O/c1-43(2)34-23-28(46-35-19-11-9-17-29(35)32-24-33-30-18-10-12-20-37(30)47-38(33)25-36(32)46)21-22-31(34)41-39(43)40(26-13-5-3-6-14-26)44-42(45-41)27-15-7-4-8-16-27;1-43(2)33-25-28(46-34-19-11-9-17-29(34)30-23-24-36-37(41(30)46)32-18-10-12-20-35(32)47-36)21-22-31(33)40-38(43)39(26-13-5-3-6-14-26)44-42(45-40)27-15-7-4-8-16-27;1-43(2)34-25-28(46-35-19-11-9-17-29(35)31-23-24-32-30-18-10-12-20-36(30)47-41(32)40(31)46)21-22-33(34)39-37(43)38(26-13-5-3-6-14-26)44-42(45-39)27-15-7-4-8-16-27/h3*3-25H,1-2H3. The first-order valence-corrected chi connectivity index (χ1v) is 67.2.